The molecule has 2 aromatic carbocycles. The number of rotatable bonds is 8. The van der Waals surface area contributed by atoms with Gasteiger partial charge in [0.15, 0.2) is 0 Å². The van der Waals surface area contributed by atoms with Crippen molar-refractivity contribution in [3.63, 3.8) is 0 Å². The molecule has 1 saturated heterocycles. The van der Waals surface area contributed by atoms with Crippen LogP contribution in [0.5, 0.6) is 0 Å². The summed E-state index contributed by atoms with van der Waals surface area (Å²) in [6, 6.07) is 13.1. The van der Waals surface area contributed by atoms with E-state index in [0.29, 0.717) is 24.6 Å². The molecule has 0 saturated carbocycles. The predicted molar refractivity (Wildman–Crippen MR) is 139 cm³/mol. The van der Waals surface area contributed by atoms with E-state index >= 15 is 0 Å². The van der Waals surface area contributed by atoms with E-state index in [0.717, 1.165) is 56.7 Å². The molecule has 7 heteroatoms. The third kappa shape index (κ3) is 5.42. The molecule has 0 aliphatic carbocycles. The molecule has 4 rings (SSSR count). The third-order valence-electron chi connectivity index (χ3n) is 7.06. The van der Waals surface area contributed by atoms with Crippen molar-refractivity contribution in [1.29, 1.82) is 0 Å². The molecule has 2 N–H and O–H groups in total. The maximum atomic E-state index is 13.8. The average molecular weight is 486 g/mol. The molecule has 1 unspecified atom stereocenters. The number of piperidine rings is 1. The van der Waals surface area contributed by atoms with Crippen LogP contribution in [-0.2, 0) is 16.4 Å². The first-order valence-electron chi connectivity index (χ1n) is 12.7. The second-order valence-electron chi connectivity index (χ2n) is 10.1. The zero-order valence-corrected chi connectivity index (χ0v) is 21.5. The molecule has 6 nitrogen and oxygen atoms in total. The van der Waals surface area contributed by atoms with Crippen molar-refractivity contribution in [3.8, 4) is 0 Å². The highest BCUT2D eigenvalue weighted by Gasteiger charge is 2.31. The number of fused-ring (bicyclic) bond motifs is 1. The largest absolute Gasteiger partial charge is 0.388 e. The normalized spacial score (nSPS) is 19.3. The molecule has 2 aromatic rings. The fourth-order valence-corrected chi connectivity index (χ4v) is 6.73. The molecule has 186 valence electrons. The van der Waals surface area contributed by atoms with Crippen molar-refractivity contribution < 1.29 is 13.5 Å². The Morgan fingerprint density at radius 3 is 2.44 bits per heavy atom. The molecule has 2 heterocycles. The molecule has 0 aromatic heterocycles. The van der Waals surface area contributed by atoms with Crippen molar-refractivity contribution in [3.05, 3.63) is 53.6 Å². The Hall–Kier alpha value is -2.09. The maximum Gasteiger partial charge on any atom is 0.264 e. The third-order valence-corrected chi connectivity index (χ3v) is 8.85. The molecule has 0 amide bonds. The van der Waals surface area contributed by atoms with Crippen LogP contribution in [0.4, 0.5) is 11.4 Å². The van der Waals surface area contributed by atoms with Crippen LogP contribution in [-0.4, -0.2) is 46.2 Å². The van der Waals surface area contributed by atoms with Gasteiger partial charge in [0.05, 0.1) is 16.7 Å². The van der Waals surface area contributed by atoms with Gasteiger partial charge in [-0.25, -0.2) is 8.42 Å². The van der Waals surface area contributed by atoms with Gasteiger partial charge >= 0.3 is 0 Å². The standard InChI is InChI=1S/C27H39N3O3S/c1-4-21-5-7-23(8-6-21)30(18-20(2)3)34(32,33)24-9-10-26-25(17-24)27(31)13-16-29(26)19-22-11-14-28-15-12-22/h5-10,17,20,22,27-28,31H,4,11-16,18-19H2,1-3H3. The van der Waals surface area contributed by atoms with Crippen LogP contribution in [0.3, 0.4) is 0 Å². The summed E-state index contributed by atoms with van der Waals surface area (Å²) in [6.45, 7) is 10.4. The second-order valence-corrected chi connectivity index (χ2v) is 12.0. The van der Waals surface area contributed by atoms with E-state index in [4.69, 9.17) is 0 Å². The Morgan fingerprint density at radius 2 is 1.79 bits per heavy atom. The fourth-order valence-electron chi connectivity index (χ4n) is 5.07. The number of sulfonamides is 1. The number of nitrogens with one attached hydrogen (secondary N) is 1. The highest BCUT2D eigenvalue weighted by atomic mass is 32.2. The van der Waals surface area contributed by atoms with Crippen molar-refractivity contribution in [2.24, 2.45) is 11.8 Å². The lowest BCUT2D eigenvalue weighted by Gasteiger charge is -2.37. The fraction of sp³-hybridized carbons (Fsp3) is 0.556. The minimum atomic E-state index is -3.77. The molecule has 34 heavy (non-hydrogen) atoms. The zero-order valence-electron chi connectivity index (χ0n) is 20.7. The Bertz CT molecular complexity index is 1060. The Kier molecular flexibility index (Phi) is 7.85. The van der Waals surface area contributed by atoms with Crippen LogP contribution >= 0.6 is 0 Å². The van der Waals surface area contributed by atoms with E-state index in [-0.39, 0.29) is 10.8 Å². The van der Waals surface area contributed by atoms with E-state index in [1.54, 1.807) is 12.1 Å². The number of aliphatic hydroxyl groups is 1. The smallest absolute Gasteiger partial charge is 0.264 e. The van der Waals surface area contributed by atoms with Crippen LogP contribution in [0.1, 0.15) is 57.3 Å². The highest BCUT2D eigenvalue weighted by Crippen LogP contribution is 2.37. The van der Waals surface area contributed by atoms with Crippen molar-refractivity contribution >= 4 is 21.4 Å². The van der Waals surface area contributed by atoms with E-state index in [2.05, 4.69) is 17.1 Å². The predicted octanol–water partition coefficient (Wildman–Crippen LogP) is 4.34. The first kappa shape index (κ1) is 25.0. The molecule has 2 aliphatic heterocycles. The van der Waals surface area contributed by atoms with Gasteiger partial charge in [-0.15, -0.1) is 0 Å². The number of aryl methyl sites for hydroxylation is 1. The minimum Gasteiger partial charge on any atom is -0.388 e. The van der Waals surface area contributed by atoms with Gasteiger partial charge in [-0.3, -0.25) is 4.31 Å². The average Bonchev–Trinajstić information content (AvgIpc) is 2.84. The monoisotopic (exact) mass is 485 g/mol. The van der Waals surface area contributed by atoms with E-state index < -0.39 is 16.1 Å². The van der Waals surface area contributed by atoms with E-state index in [9.17, 15) is 13.5 Å². The Balaban J connectivity index is 1.65. The van der Waals surface area contributed by atoms with Crippen LogP contribution in [0, 0.1) is 11.8 Å². The molecular formula is C27H39N3O3S. The maximum absolute atomic E-state index is 13.8. The first-order chi connectivity index (χ1) is 16.3. The Labute approximate surface area is 205 Å². The van der Waals surface area contributed by atoms with Crippen molar-refractivity contribution in [2.45, 2.75) is 57.5 Å². The zero-order chi connectivity index (χ0) is 24.3. The summed E-state index contributed by atoms with van der Waals surface area (Å²) in [5.74, 6) is 0.796. The van der Waals surface area contributed by atoms with Gasteiger partial charge < -0.3 is 15.3 Å². The quantitative estimate of drug-likeness (QED) is 0.582. The van der Waals surface area contributed by atoms with Crippen molar-refractivity contribution in [1.82, 2.24) is 5.32 Å². The van der Waals surface area contributed by atoms with Gasteiger partial charge in [-0.05, 0) is 86.5 Å². The number of aliphatic hydroxyl groups excluding tert-OH is 1. The van der Waals surface area contributed by atoms with Crippen molar-refractivity contribution in [2.75, 3.05) is 41.9 Å². The number of anilines is 2. The lowest BCUT2D eigenvalue weighted by molar-refractivity contribution is 0.163. The van der Waals surface area contributed by atoms with Crippen LogP contribution in [0.15, 0.2) is 47.4 Å². The number of benzene rings is 2. The molecule has 1 atom stereocenters. The topological polar surface area (TPSA) is 72.9 Å². The molecule has 2 aliphatic rings. The number of nitrogens with zero attached hydrogens (tertiary/aromatic N) is 2. The number of hydrogen-bond donors (Lipinski definition) is 2. The second kappa shape index (κ2) is 10.7. The summed E-state index contributed by atoms with van der Waals surface area (Å²) in [6.07, 6.45) is 3.20. The van der Waals surface area contributed by atoms with E-state index in [1.807, 2.05) is 44.2 Å². The minimum absolute atomic E-state index is 0.171. The van der Waals surface area contributed by atoms with Gasteiger partial charge in [0, 0.05) is 30.9 Å². The summed E-state index contributed by atoms with van der Waals surface area (Å²) in [5, 5.41) is 14.2. The lowest BCUT2D eigenvalue weighted by Crippen LogP contribution is -2.39. The summed E-state index contributed by atoms with van der Waals surface area (Å²) < 4.78 is 29.2. The van der Waals surface area contributed by atoms with Gasteiger partial charge in [0.2, 0.25) is 0 Å². The van der Waals surface area contributed by atoms with Crippen LogP contribution in [0.2, 0.25) is 0 Å². The Morgan fingerprint density at radius 1 is 1.09 bits per heavy atom. The highest BCUT2D eigenvalue weighted by molar-refractivity contribution is 7.92. The molecule has 0 bridgehead atoms. The molecular weight excluding hydrogens is 446 g/mol. The molecule has 1 fully saturated rings. The van der Waals surface area contributed by atoms with Crippen LogP contribution < -0.4 is 14.5 Å². The van der Waals surface area contributed by atoms with Gasteiger partial charge in [0.1, 0.15) is 0 Å². The lowest BCUT2D eigenvalue weighted by atomic mass is 9.94. The van der Waals surface area contributed by atoms with Crippen LogP contribution in [0.25, 0.3) is 0 Å². The summed E-state index contributed by atoms with van der Waals surface area (Å²) >= 11 is 0. The first-order valence-corrected chi connectivity index (χ1v) is 14.1. The summed E-state index contributed by atoms with van der Waals surface area (Å²) in [4.78, 5) is 2.58. The van der Waals surface area contributed by atoms with Gasteiger partial charge in [-0.2, -0.15) is 0 Å². The summed E-state index contributed by atoms with van der Waals surface area (Å²) in [7, 11) is -3.77. The molecule has 0 radical (unpaired) electrons. The SMILES string of the molecule is CCc1ccc(N(CC(C)C)S(=O)(=O)c2ccc3c(c2)C(O)CCN3CC2CCNCC2)cc1. The van der Waals surface area contributed by atoms with E-state index in [1.165, 1.54) is 9.87 Å². The molecule has 0 spiro atoms. The van der Waals surface area contributed by atoms with Gasteiger partial charge in [0.25, 0.3) is 10.0 Å². The number of hydrogen-bond acceptors (Lipinski definition) is 5. The van der Waals surface area contributed by atoms with Gasteiger partial charge in [-0.1, -0.05) is 32.9 Å². The summed E-state index contributed by atoms with van der Waals surface area (Å²) in [5.41, 5.74) is 3.55.